The first kappa shape index (κ1) is 16.1. The first-order valence-electron chi connectivity index (χ1n) is 6.69. The van der Waals surface area contributed by atoms with Gasteiger partial charge in [0.15, 0.2) is 11.0 Å². The lowest BCUT2D eigenvalue weighted by atomic mass is 9.93. The highest BCUT2D eigenvalue weighted by molar-refractivity contribution is 6.29. The summed E-state index contributed by atoms with van der Waals surface area (Å²) in [6, 6.07) is 3.48. The minimum absolute atomic E-state index is 0.218. The van der Waals surface area contributed by atoms with Crippen LogP contribution in [0.2, 0.25) is 5.22 Å². The van der Waals surface area contributed by atoms with E-state index in [1.54, 1.807) is 12.1 Å². The number of amides is 1. The first-order chi connectivity index (χ1) is 8.99. The number of nitrogens with one attached hydrogen (secondary N) is 1. The van der Waals surface area contributed by atoms with Gasteiger partial charge in [0, 0.05) is 12.6 Å². The number of hydrogen-bond acceptors (Lipinski definition) is 3. The van der Waals surface area contributed by atoms with Gasteiger partial charge >= 0.3 is 0 Å². The van der Waals surface area contributed by atoms with Crippen LogP contribution in [-0.4, -0.2) is 37.5 Å². The largest absolute Gasteiger partial charge is 0.440 e. The Balaban J connectivity index is 2.59. The molecule has 1 heterocycles. The molecule has 108 valence electrons. The van der Waals surface area contributed by atoms with E-state index in [1.165, 1.54) is 0 Å². The zero-order valence-corrected chi connectivity index (χ0v) is 12.8. The van der Waals surface area contributed by atoms with Crippen molar-refractivity contribution in [2.75, 3.05) is 20.6 Å². The van der Waals surface area contributed by atoms with Crippen molar-refractivity contribution in [1.29, 1.82) is 0 Å². The van der Waals surface area contributed by atoms with Gasteiger partial charge in [-0.1, -0.05) is 26.7 Å². The number of halogens is 1. The fourth-order valence-corrected chi connectivity index (χ4v) is 2.47. The van der Waals surface area contributed by atoms with Crippen LogP contribution in [0, 0.1) is 5.92 Å². The van der Waals surface area contributed by atoms with Crippen molar-refractivity contribution in [3.8, 4) is 0 Å². The van der Waals surface area contributed by atoms with Gasteiger partial charge in [-0.2, -0.15) is 0 Å². The van der Waals surface area contributed by atoms with E-state index in [0.717, 1.165) is 12.8 Å². The van der Waals surface area contributed by atoms with Crippen molar-refractivity contribution in [2.24, 2.45) is 5.92 Å². The van der Waals surface area contributed by atoms with Crippen molar-refractivity contribution in [1.82, 2.24) is 10.2 Å². The molecule has 19 heavy (non-hydrogen) atoms. The highest BCUT2D eigenvalue weighted by Crippen LogP contribution is 2.17. The number of hydrogen-bond donors (Lipinski definition) is 1. The van der Waals surface area contributed by atoms with Crippen LogP contribution in [0.4, 0.5) is 0 Å². The molecule has 1 rings (SSSR count). The van der Waals surface area contributed by atoms with Crippen LogP contribution >= 0.6 is 11.6 Å². The van der Waals surface area contributed by atoms with Crippen LogP contribution in [0.25, 0.3) is 0 Å². The van der Waals surface area contributed by atoms with E-state index in [2.05, 4.69) is 24.1 Å². The van der Waals surface area contributed by atoms with Gasteiger partial charge in [0.1, 0.15) is 0 Å². The van der Waals surface area contributed by atoms with Gasteiger partial charge in [0.2, 0.25) is 0 Å². The maximum absolute atomic E-state index is 11.9. The number of furan rings is 1. The molecule has 0 aromatic carbocycles. The summed E-state index contributed by atoms with van der Waals surface area (Å²) >= 11 is 5.66. The molecule has 1 atom stereocenters. The second kappa shape index (κ2) is 7.56. The maximum atomic E-state index is 11.9. The van der Waals surface area contributed by atoms with Crippen LogP contribution in [0.1, 0.15) is 37.2 Å². The summed E-state index contributed by atoms with van der Waals surface area (Å²) in [6.45, 7) is 4.97. The molecule has 0 saturated carbocycles. The summed E-state index contributed by atoms with van der Waals surface area (Å²) < 4.78 is 5.09. The second-order valence-electron chi connectivity index (χ2n) is 4.92. The molecular weight excluding hydrogens is 264 g/mol. The van der Waals surface area contributed by atoms with E-state index in [9.17, 15) is 4.79 Å². The summed E-state index contributed by atoms with van der Waals surface area (Å²) in [6.07, 6.45) is 2.20. The maximum Gasteiger partial charge on any atom is 0.287 e. The summed E-state index contributed by atoms with van der Waals surface area (Å²) in [5.41, 5.74) is 0. The molecular formula is C14H23ClN2O2. The Morgan fingerprint density at radius 3 is 2.42 bits per heavy atom. The Morgan fingerprint density at radius 1 is 1.37 bits per heavy atom. The Morgan fingerprint density at radius 2 is 2.00 bits per heavy atom. The van der Waals surface area contributed by atoms with Gasteiger partial charge in [-0.05, 0) is 43.7 Å². The minimum atomic E-state index is -0.218. The third-order valence-electron chi connectivity index (χ3n) is 3.52. The molecule has 0 aliphatic carbocycles. The van der Waals surface area contributed by atoms with Crippen LogP contribution < -0.4 is 5.32 Å². The first-order valence-corrected chi connectivity index (χ1v) is 7.07. The van der Waals surface area contributed by atoms with E-state index in [-0.39, 0.29) is 16.9 Å². The Bertz CT molecular complexity index is 400. The van der Waals surface area contributed by atoms with Gasteiger partial charge in [0.25, 0.3) is 5.91 Å². The van der Waals surface area contributed by atoms with Gasteiger partial charge in [0.05, 0.1) is 0 Å². The quantitative estimate of drug-likeness (QED) is 0.838. The third kappa shape index (κ3) is 4.55. The number of nitrogens with zero attached hydrogens (tertiary/aromatic N) is 1. The van der Waals surface area contributed by atoms with Gasteiger partial charge in [-0.25, -0.2) is 0 Å². The minimum Gasteiger partial charge on any atom is -0.440 e. The highest BCUT2D eigenvalue weighted by atomic mass is 35.5. The van der Waals surface area contributed by atoms with Gasteiger partial charge in [-0.3, -0.25) is 4.79 Å². The topological polar surface area (TPSA) is 45.5 Å². The van der Waals surface area contributed by atoms with Gasteiger partial charge < -0.3 is 14.6 Å². The smallest absolute Gasteiger partial charge is 0.287 e. The molecule has 1 amide bonds. The van der Waals surface area contributed by atoms with E-state index >= 15 is 0 Å². The monoisotopic (exact) mass is 286 g/mol. The molecule has 0 radical (unpaired) electrons. The van der Waals surface area contributed by atoms with Crippen LogP contribution in [0.5, 0.6) is 0 Å². The summed E-state index contributed by atoms with van der Waals surface area (Å²) in [5, 5.41) is 3.14. The molecule has 1 aromatic rings. The molecule has 0 aliphatic rings. The normalized spacial score (nSPS) is 13.0. The third-order valence-corrected chi connectivity index (χ3v) is 3.73. The van der Waals surface area contributed by atoms with E-state index in [1.807, 2.05) is 14.1 Å². The Hall–Kier alpha value is -1.00. The molecule has 4 nitrogen and oxygen atoms in total. The summed E-state index contributed by atoms with van der Waals surface area (Å²) in [7, 11) is 4.08. The molecule has 1 N–H and O–H groups in total. The summed E-state index contributed by atoms with van der Waals surface area (Å²) in [5.74, 6) is 0.604. The summed E-state index contributed by atoms with van der Waals surface area (Å²) in [4.78, 5) is 14.1. The van der Waals surface area contributed by atoms with Crippen LogP contribution in [0.15, 0.2) is 16.5 Å². The van der Waals surface area contributed by atoms with E-state index < -0.39 is 0 Å². The van der Waals surface area contributed by atoms with Crippen LogP contribution in [0.3, 0.4) is 0 Å². The lowest BCUT2D eigenvalue weighted by Crippen LogP contribution is -2.44. The highest BCUT2D eigenvalue weighted by Gasteiger charge is 2.22. The average molecular weight is 287 g/mol. The zero-order chi connectivity index (χ0) is 14.4. The van der Waals surface area contributed by atoms with Crippen LogP contribution in [-0.2, 0) is 0 Å². The fourth-order valence-electron chi connectivity index (χ4n) is 2.32. The molecule has 0 saturated heterocycles. The molecule has 5 heteroatoms. The van der Waals surface area contributed by atoms with E-state index in [4.69, 9.17) is 16.0 Å². The average Bonchev–Trinajstić information content (AvgIpc) is 2.80. The Kier molecular flexibility index (Phi) is 6.38. The number of rotatable bonds is 7. The number of carbonyl (C=O) groups excluding carboxylic acids is 1. The molecule has 0 aliphatic heterocycles. The standard InChI is InChI=1S/C14H23ClN2O2/c1-5-10(6-2)11(17(3)4)9-16-14(18)12-7-8-13(15)19-12/h7-8,10-11H,5-6,9H2,1-4H3,(H,16,18). The second-order valence-corrected chi connectivity index (χ2v) is 5.29. The number of likely N-dealkylation sites (N-methyl/N-ethyl adjacent to an activating group) is 1. The SMILES string of the molecule is CCC(CC)C(CNC(=O)c1ccc(Cl)o1)N(C)C. The van der Waals surface area contributed by atoms with Crippen molar-refractivity contribution >= 4 is 17.5 Å². The zero-order valence-electron chi connectivity index (χ0n) is 12.1. The Labute approximate surface area is 120 Å². The molecule has 1 aromatic heterocycles. The predicted molar refractivity (Wildman–Crippen MR) is 77.6 cm³/mol. The lowest BCUT2D eigenvalue weighted by molar-refractivity contribution is 0.0901. The molecule has 0 bridgehead atoms. The predicted octanol–water partition coefficient (Wildman–Crippen LogP) is 3.03. The molecule has 1 unspecified atom stereocenters. The molecule has 0 spiro atoms. The fraction of sp³-hybridized carbons (Fsp3) is 0.643. The van der Waals surface area contributed by atoms with E-state index in [0.29, 0.717) is 18.5 Å². The lowest BCUT2D eigenvalue weighted by Gasteiger charge is -2.31. The van der Waals surface area contributed by atoms with Gasteiger partial charge in [-0.15, -0.1) is 0 Å². The van der Waals surface area contributed by atoms with Crippen molar-refractivity contribution < 1.29 is 9.21 Å². The number of carbonyl (C=O) groups is 1. The van der Waals surface area contributed by atoms with Crippen molar-refractivity contribution in [3.63, 3.8) is 0 Å². The molecule has 0 fully saturated rings. The van der Waals surface area contributed by atoms with Crippen molar-refractivity contribution in [2.45, 2.75) is 32.7 Å². The van der Waals surface area contributed by atoms with Crippen molar-refractivity contribution in [3.05, 3.63) is 23.1 Å².